The topological polar surface area (TPSA) is 65.0 Å². The zero-order valence-electron chi connectivity index (χ0n) is 16.2. The lowest BCUT2D eigenvalue weighted by Gasteiger charge is -2.38. The molecular formula is C20H27N3O3S. The van der Waals surface area contributed by atoms with Crippen LogP contribution in [0.25, 0.3) is 0 Å². The van der Waals surface area contributed by atoms with E-state index in [0.29, 0.717) is 22.9 Å². The zero-order chi connectivity index (χ0) is 20.1. The number of nitrogens with zero attached hydrogens (tertiary/aromatic N) is 2. The first-order valence-electron chi connectivity index (χ1n) is 8.78. The second-order valence-corrected chi connectivity index (χ2v) is 7.10. The Balaban J connectivity index is 2.46. The third kappa shape index (κ3) is 4.87. The summed E-state index contributed by atoms with van der Waals surface area (Å²) in [5.41, 5.74) is 3.12. The number of ether oxygens (including phenoxy) is 1. The molecule has 2 N–H and O–H groups in total. The predicted octanol–water partition coefficient (Wildman–Crippen LogP) is 2.37. The fraction of sp³-hybridized carbons (Fsp3) is 0.400. The van der Waals surface area contributed by atoms with Gasteiger partial charge in [-0.3, -0.25) is 0 Å². The molecular weight excluding hydrogens is 362 g/mol. The van der Waals surface area contributed by atoms with Gasteiger partial charge in [0.25, 0.3) is 0 Å². The van der Waals surface area contributed by atoms with E-state index in [-0.39, 0.29) is 6.61 Å². The molecule has 146 valence electrons. The molecule has 27 heavy (non-hydrogen) atoms. The number of aliphatic hydroxyl groups is 1. The minimum atomic E-state index is -0.596. The minimum Gasteiger partial charge on any atom is -0.458 e. The van der Waals surface area contributed by atoms with E-state index in [1.54, 1.807) is 11.8 Å². The maximum absolute atomic E-state index is 12.8. The maximum atomic E-state index is 12.8. The number of hydrogen-bond donors (Lipinski definition) is 2. The second-order valence-electron chi connectivity index (χ2n) is 6.71. The van der Waals surface area contributed by atoms with Gasteiger partial charge in [0, 0.05) is 25.5 Å². The van der Waals surface area contributed by atoms with Gasteiger partial charge in [0.2, 0.25) is 0 Å². The molecule has 1 aromatic carbocycles. The molecule has 0 spiro atoms. The normalized spacial score (nSPS) is 18.0. The molecule has 1 heterocycles. The van der Waals surface area contributed by atoms with Crippen molar-refractivity contribution in [2.24, 2.45) is 0 Å². The smallest absolute Gasteiger partial charge is 0.338 e. The molecule has 0 saturated carbocycles. The van der Waals surface area contributed by atoms with Crippen LogP contribution in [0, 0.1) is 0 Å². The first-order chi connectivity index (χ1) is 12.8. The summed E-state index contributed by atoms with van der Waals surface area (Å²) in [6.07, 6.45) is 0.935. The summed E-state index contributed by atoms with van der Waals surface area (Å²) in [4.78, 5) is 16.5. The number of allylic oxidation sites excluding steroid dienone is 1. The second kappa shape index (κ2) is 9.01. The predicted molar refractivity (Wildman–Crippen MR) is 111 cm³/mol. The Hall–Kier alpha value is -2.38. The number of carbonyl (C=O) groups excluding carboxylic acids is 1. The monoisotopic (exact) mass is 389 g/mol. The van der Waals surface area contributed by atoms with E-state index in [0.717, 1.165) is 11.3 Å². The molecule has 2 rings (SSSR count). The Labute approximate surface area is 166 Å². The van der Waals surface area contributed by atoms with Crippen molar-refractivity contribution in [1.29, 1.82) is 0 Å². The summed E-state index contributed by atoms with van der Waals surface area (Å²) in [5, 5.41) is 13.5. The Morgan fingerprint density at radius 2 is 2.07 bits per heavy atom. The molecule has 0 aromatic heterocycles. The third-order valence-corrected chi connectivity index (χ3v) is 4.68. The van der Waals surface area contributed by atoms with Crippen LogP contribution < -0.4 is 10.2 Å². The van der Waals surface area contributed by atoms with Crippen molar-refractivity contribution in [3.63, 3.8) is 0 Å². The summed E-state index contributed by atoms with van der Waals surface area (Å²) in [6, 6.07) is 7.49. The van der Waals surface area contributed by atoms with E-state index in [1.807, 2.05) is 50.2 Å². The standard InChI is InChI=1S/C20H27N3O3S/c1-6-11-26-19(25)17-14(3)23(12-13(2)24)20(27)21-18(17)15-7-9-16(10-8-15)22(4)5/h6-10,13,18,24H,1,11-12H2,2-5H3,(H,21,27). The molecule has 0 saturated heterocycles. The highest BCUT2D eigenvalue weighted by Gasteiger charge is 2.35. The number of carbonyl (C=O) groups is 1. The SMILES string of the molecule is C=CCOC(=O)C1=C(C)N(CC(C)O)C(=S)NC1c1ccc(N(C)C)cc1. The first-order valence-corrected chi connectivity index (χ1v) is 9.19. The average molecular weight is 390 g/mol. The third-order valence-electron chi connectivity index (χ3n) is 4.34. The van der Waals surface area contributed by atoms with Gasteiger partial charge in [0.1, 0.15) is 6.61 Å². The van der Waals surface area contributed by atoms with Crippen molar-refractivity contribution in [2.75, 3.05) is 32.1 Å². The van der Waals surface area contributed by atoms with Gasteiger partial charge in [-0.15, -0.1) is 0 Å². The molecule has 0 bridgehead atoms. The lowest BCUT2D eigenvalue weighted by atomic mass is 9.94. The van der Waals surface area contributed by atoms with Crippen LogP contribution in [0.15, 0.2) is 48.2 Å². The number of aliphatic hydroxyl groups excluding tert-OH is 1. The van der Waals surface area contributed by atoms with Gasteiger partial charge in [-0.25, -0.2) is 4.79 Å². The Kier molecular flexibility index (Phi) is 6.98. The molecule has 7 heteroatoms. The Morgan fingerprint density at radius 1 is 1.44 bits per heavy atom. The summed E-state index contributed by atoms with van der Waals surface area (Å²) >= 11 is 5.49. The highest BCUT2D eigenvalue weighted by atomic mass is 32.1. The molecule has 0 radical (unpaired) electrons. The largest absolute Gasteiger partial charge is 0.458 e. The van der Waals surface area contributed by atoms with Gasteiger partial charge >= 0.3 is 5.97 Å². The average Bonchev–Trinajstić information content (AvgIpc) is 2.62. The molecule has 2 atom stereocenters. The van der Waals surface area contributed by atoms with Gasteiger partial charge in [-0.05, 0) is 43.8 Å². The van der Waals surface area contributed by atoms with Crippen LogP contribution in [0.5, 0.6) is 0 Å². The maximum Gasteiger partial charge on any atom is 0.338 e. The number of benzene rings is 1. The van der Waals surface area contributed by atoms with E-state index in [9.17, 15) is 9.90 Å². The van der Waals surface area contributed by atoms with E-state index in [4.69, 9.17) is 17.0 Å². The van der Waals surface area contributed by atoms with E-state index in [1.165, 1.54) is 6.08 Å². The van der Waals surface area contributed by atoms with E-state index in [2.05, 4.69) is 11.9 Å². The van der Waals surface area contributed by atoms with Gasteiger partial charge < -0.3 is 25.0 Å². The molecule has 1 aliphatic rings. The molecule has 0 fully saturated rings. The minimum absolute atomic E-state index is 0.128. The van der Waals surface area contributed by atoms with E-state index < -0.39 is 18.1 Å². The molecule has 1 aromatic rings. The molecule has 0 amide bonds. The van der Waals surface area contributed by atoms with Gasteiger partial charge in [-0.2, -0.15) is 0 Å². The van der Waals surface area contributed by atoms with Crippen molar-refractivity contribution < 1.29 is 14.6 Å². The van der Waals surface area contributed by atoms with Crippen molar-refractivity contribution in [3.05, 3.63) is 53.8 Å². The van der Waals surface area contributed by atoms with Crippen LogP contribution in [-0.4, -0.2) is 54.4 Å². The van der Waals surface area contributed by atoms with Crippen LogP contribution in [0.1, 0.15) is 25.5 Å². The fourth-order valence-electron chi connectivity index (χ4n) is 2.96. The zero-order valence-corrected chi connectivity index (χ0v) is 17.0. The summed E-state index contributed by atoms with van der Waals surface area (Å²) in [6.45, 7) is 7.51. The van der Waals surface area contributed by atoms with Crippen LogP contribution in [0.4, 0.5) is 5.69 Å². The Bertz CT molecular complexity index is 741. The quantitative estimate of drug-likeness (QED) is 0.422. The van der Waals surface area contributed by atoms with Gasteiger partial charge in [0.05, 0.1) is 24.3 Å². The van der Waals surface area contributed by atoms with Crippen molar-refractivity contribution >= 4 is 29.0 Å². The fourth-order valence-corrected chi connectivity index (χ4v) is 3.29. The molecule has 2 unspecified atom stereocenters. The van der Waals surface area contributed by atoms with Crippen molar-refractivity contribution in [1.82, 2.24) is 10.2 Å². The van der Waals surface area contributed by atoms with Crippen LogP contribution in [-0.2, 0) is 9.53 Å². The van der Waals surface area contributed by atoms with Crippen LogP contribution in [0.2, 0.25) is 0 Å². The molecule has 1 aliphatic heterocycles. The summed E-state index contributed by atoms with van der Waals surface area (Å²) < 4.78 is 5.31. The highest BCUT2D eigenvalue weighted by Crippen LogP contribution is 2.32. The Morgan fingerprint density at radius 3 is 2.59 bits per heavy atom. The highest BCUT2D eigenvalue weighted by molar-refractivity contribution is 7.80. The van der Waals surface area contributed by atoms with Crippen molar-refractivity contribution in [2.45, 2.75) is 26.0 Å². The summed E-state index contributed by atoms with van der Waals surface area (Å²) in [5.74, 6) is -0.431. The number of nitrogens with one attached hydrogen (secondary N) is 1. The lowest BCUT2D eigenvalue weighted by molar-refractivity contribution is -0.138. The lowest BCUT2D eigenvalue weighted by Crippen LogP contribution is -2.49. The first kappa shape index (κ1) is 20.9. The van der Waals surface area contributed by atoms with Crippen molar-refractivity contribution in [3.8, 4) is 0 Å². The number of thiocarbonyl (C=S) groups is 1. The molecule has 6 nitrogen and oxygen atoms in total. The summed E-state index contributed by atoms with van der Waals surface area (Å²) in [7, 11) is 3.94. The van der Waals surface area contributed by atoms with Gasteiger partial charge in [-0.1, -0.05) is 24.8 Å². The number of hydrogen-bond acceptors (Lipinski definition) is 5. The number of esters is 1. The number of rotatable bonds is 7. The number of anilines is 1. The van der Waals surface area contributed by atoms with E-state index >= 15 is 0 Å². The van der Waals surface area contributed by atoms with Gasteiger partial charge in [0.15, 0.2) is 5.11 Å². The molecule has 0 aliphatic carbocycles. The van der Waals surface area contributed by atoms with Crippen LogP contribution >= 0.6 is 12.2 Å². The number of β-amino-alcohol motifs (C(OH)–C–C–N with tert-alkyl or cyclic N) is 1. The van der Waals surface area contributed by atoms with Crippen LogP contribution in [0.3, 0.4) is 0 Å².